The second kappa shape index (κ2) is 2.80. The van der Waals surface area contributed by atoms with Crippen molar-refractivity contribution in [3.8, 4) is 0 Å². The fourth-order valence-corrected chi connectivity index (χ4v) is 11.7. The topological polar surface area (TPSA) is 3.24 Å². The van der Waals surface area contributed by atoms with Crippen LogP contribution in [-0.4, -0.2) is 28.5 Å². The molecule has 70 valence electrons. The van der Waals surface area contributed by atoms with E-state index in [9.17, 15) is 0 Å². The Bertz CT molecular complexity index is 335. The van der Waals surface area contributed by atoms with Crippen LogP contribution in [0.1, 0.15) is 0 Å². The van der Waals surface area contributed by atoms with Gasteiger partial charge in [0.25, 0.3) is 0 Å². The average molecular weight is 207 g/mol. The van der Waals surface area contributed by atoms with E-state index in [-0.39, 0.29) is 0 Å². The number of hydrogen-bond donors (Lipinski definition) is 0. The minimum absolute atomic E-state index is 0.771. The second-order valence-corrected chi connectivity index (χ2v) is 12.1. The molecule has 0 saturated heterocycles. The molecule has 0 radical (unpaired) electrons. The molecule has 1 nitrogen and oxygen atoms in total. The molecule has 2 rings (SSSR count). The van der Waals surface area contributed by atoms with Gasteiger partial charge in [-0.15, -0.1) is 0 Å². The molecule has 1 aliphatic rings. The van der Waals surface area contributed by atoms with Gasteiger partial charge in [-0.25, -0.2) is 0 Å². The van der Waals surface area contributed by atoms with Crippen LogP contribution >= 0.6 is 0 Å². The lowest BCUT2D eigenvalue weighted by Crippen LogP contribution is -2.52. The number of nitrogens with zero attached hydrogens (tertiary/aromatic N) is 1. The predicted octanol–water partition coefficient (Wildman–Crippen LogP) is 0.605. The van der Waals surface area contributed by atoms with Crippen LogP contribution in [0.15, 0.2) is 24.3 Å². The Labute approximate surface area is 83.2 Å². The Balaban J connectivity index is 2.61. The summed E-state index contributed by atoms with van der Waals surface area (Å²) in [6, 6.07) is 9.05. The number of fused-ring (bicyclic) bond motifs is 1. The molecule has 0 spiro atoms. The first-order chi connectivity index (χ1) is 6.05. The molecule has 3 heteroatoms. The third-order valence-electron chi connectivity index (χ3n) is 3.53. The highest BCUT2D eigenvalue weighted by Gasteiger charge is 2.41. The van der Waals surface area contributed by atoms with E-state index in [1.165, 1.54) is 0 Å². The van der Waals surface area contributed by atoms with Crippen molar-refractivity contribution in [2.45, 2.75) is 19.6 Å². The monoisotopic (exact) mass is 207 g/mol. The molecule has 1 aliphatic heterocycles. The zero-order valence-electron chi connectivity index (χ0n) is 8.83. The van der Waals surface area contributed by atoms with Gasteiger partial charge in [0.15, 0.2) is 0 Å². The lowest BCUT2D eigenvalue weighted by molar-refractivity contribution is 0.808. The Morgan fingerprint density at radius 1 is 1.23 bits per heavy atom. The first-order valence-corrected chi connectivity index (χ1v) is 10.1. The summed E-state index contributed by atoms with van der Waals surface area (Å²) in [6.07, 6.45) is 0. The Morgan fingerprint density at radius 2 is 1.85 bits per heavy atom. The third-order valence-corrected chi connectivity index (χ3v) is 13.0. The van der Waals surface area contributed by atoms with E-state index in [1.807, 2.05) is 0 Å². The molecule has 13 heavy (non-hydrogen) atoms. The van der Waals surface area contributed by atoms with E-state index < -0.39 is 17.2 Å². The Kier molecular flexibility index (Phi) is 1.98. The van der Waals surface area contributed by atoms with Crippen LogP contribution < -0.4 is 10.4 Å². The lowest BCUT2D eigenvalue weighted by atomic mass is 10.4. The molecule has 1 atom stereocenters. The van der Waals surface area contributed by atoms with E-state index in [0.717, 1.165) is 0 Å². The zero-order chi connectivity index (χ0) is 9.64. The molecule has 1 aromatic rings. The van der Waals surface area contributed by atoms with Crippen LogP contribution in [0.3, 0.4) is 0 Å². The molecule has 1 unspecified atom stereocenters. The summed E-state index contributed by atoms with van der Waals surface area (Å²) in [5.74, 6) is 0. The smallest absolute Gasteiger partial charge is 0.147 e. The molecule has 1 aromatic carbocycles. The molecule has 0 aliphatic carbocycles. The van der Waals surface area contributed by atoms with Crippen LogP contribution in [0.2, 0.25) is 19.6 Å². The van der Waals surface area contributed by atoms with Crippen molar-refractivity contribution < 1.29 is 0 Å². The van der Waals surface area contributed by atoms with Crippen LogP contribution in [-0.2, 0) is 0 Å². The van der Waals surface area contributed by atoms with Gasteiger partial charge in [0.05, 0.1) is 0 Å². The minimum atomic E-state index is -1.23. The Morgan fingerprint density at radius 3 is 2.46 bits per heavy atom. The van der Waals surface area contributed by atoms with Gasteiger partial charge in [-0.3, -0.25) is 0 Å². The third kappa shape index (κ3) is 1.15. The van der Waals surface area contributed by atoms with Crippen LogP contribution in [0, 0.1) is 0 Å². The largest absolute Gasteiger partial charge is 0.344 e. The summed E-state index contributed by atoms with van der Waals surface area (Å²) in [6.45, 7) is 7.37. The first-order valence-electron chi connectivity index (χ1n) is 4.87. The fraction of sp³-hybridized carbons (Fsp3) is 0.400. The molecule has 0 fully saturated rings. The Hall–Kier alpha value is -0.386. The van der Waals surface area contributed by atoms with Crippen molar-refractivity contribution in [2.24, 2.45) is 0 Å². The molecule has 0 N–H and O–H groups in total. The van der Waals surface area contributed by atoms with Crippen LogP contribution in [0.5, 0.6) is 0 Å². The van der Waals surface area contributed by atoms with Gasteiger partial charge in [-0.05, 0) is 17.4 Å². The van der Waals surface area contributed by atoms with Gasteiger partial charge in [0.1, 0.15) is 17.2 Å². The number of hydrogen-bond acceptors (Lipinski definition) is 1. The van der Waals surface area contributed by atoms with Gasteiger partial charge in [0, 0.05) is 0 Å². The SMILES string of the molecule is CN1[SiH](C)c2ccccc2[Si]1(C)C. The highest BCUT2D eigenvalue weighted by atomic mass is 28.4. The van der Waals surface area contributed by atoms with Crippen LogP contribution in [0.25, 0.3) is 0 Å². The van der Waals surface area contributed by atoms with E-state index >= 15 is 0 Å². The van der Waals surface area contributed by atoms with Gasteiger partial charge in [-0.2, -0.15) is 0 Å². The summed E-state index contributed by atoms with van der Waals surface area (Å²) < 4.78 is 2.71. The minimum Gasteiger partial charge on any atom is -0.344 e. The van der Waals surface area contributed by atoms with Crippen molar-refractivity contribution in [1.29, 1.82) is 0 Å². The first kappa shape index (κ1) is 9.18. The molecule has 0 saturated carbocycles. The lowest BCUT2D eigenvalue weighted by Gasteiger charge is -2.29. The van der Waals surface area contributed by atoms with Crippen molar-refractivity contribution in [2.75, 3.05) is 7.05 Å². The molecule has 0 bridgehead atoms. The van der Waals surface area contributed by atoms with Gasteiger partial charge >= 0.3 is 0 Å². The van der Waals surface area contributed by atoms with Gasteiger partial charge in [-0.1, -0.05) is 43.9 Å². The summed E-state index contributed by atoms with van der Waals surface area (Å²) in [7, 11) is 0.319. The maximum Gasteiger partial charge on any atom is 0.147 e. The molecule has 0 amide bonds. The summed E-state index contributed by atoms with van der Waals surface area (Å²) in [5, 5.41) is 3.36. The fourth-order valence-electron chi connectivity index (χ4n) is 2.30. The van der Waals surface area contributed by atoms with E-state index in [1.54, 1.807) is 10.4 Å². The predicted molar refractivity (Wildman–Crippen MR) is 64.0 cm³/mol. The average Bonchev–Trinajstić information content (AvgIpc) is 2.30. The van der Waals surface area contributed by atoms with E-state index in [2.05, 4.69) is 55.2 Å². The highest BCUT2D eigenvalue weighted by Crippen LogP contribution is 2.15. The second-order valence-electron chi connectivity index (χ2n) is 4.43. The number of rotatable bonds is 0. The van der Waals surface area contributed by atoms with Crippen molar-refractivity contribution in [3.05, 3.63) is 24.3 Å². The summed E-state index contributed by atoms with van der Waals surface area (Å²) in [5.41, 5.74) is 0. The van der Waals surface area contributed by atoms with E-state index in [0.29, 0.717) is 0 Å². The van der Waals surface area contributed by atoms with Gasteiger partial charge < -0.3 is 4.23 Å². The van der Waals surface area contributed by atoms with Gasteiger partial charge in [0.2, 0.25) is 0 Å². The maximum atomic E-state index is 2.71. The number of benzene rings is 1. The molecular formula is C10H17NSi2. The normalized spacial score (nSPS) is 26.0. The zero-order valence-corrected chi connectivity index (χ0v) is 11.0. The maximum absolute atomic E-state index is 2.71. The summed E-state index contributed by atoms with van der Waals surface area (Å²) >= 11 is 0. The van der Waals surface area contributed by atoms with E-state index in [4.69, 9.17) is 0 Å². The summed E-state index contributed by atoms with van der Waals surface area (Å²) in [4.78, 5) is 0. The molecule has 0 aromatic heterocycles. The molecule has 1 heterocycles. The molecular weight excluding hydrogens is 190 g/mol. The van der Waals surface area contributed by atoms with Crippen LogP contribution in [0.4, 0.5) is 0 Å². The van der Waals surface area contributed by atoms with Crippen molar-refractivity contribution in [3.63, 3.8) is 0 Å². The van der Waals surface area contributed by atoms with Crippen molar-refractivity contribution in [1.82, 2.24) is 4.23 Å². The quantitative estimate of drug-likeness (QED) is 0.563. The standard InChI is InChI=1S/C10H17NSi2/c1-11-12(2)9-7-5-6-8-10(9)13(11,3)4/h5-8,12H,1-4H3. The highest BCUT2D eigenvalue weighted by molar-refractivity contribution is 7.03. The van der Waals surface area contributed by atoms with Crippen molar-refractivity contribution >= 4 is 27.6 Å².